The van der Waals surface area contributed by atoms with Gasteiger partial charge in [-0.2, -0.15) is 0 Å². The molecule has 0 aromatic rings. The first-order valence-electron chi connectivity index (χ1n) is 5.37. The van der Waals surface area contributed by atoms with E-state index in [0.717, 1.165) is 19.3 Å². The van der Waals surface area contributed by atoms with Gasteiger partial charge in [-0.1, -0.05) is 18.6 Å². The highest BCUT2D eigenvalue weighted by atomic mass is 16.4. The number of carboxylic acids is 1. The maximum Gasteiger partial charge on any atom is 0.310 e. The molecule has 1 saturated carbocycles. The molecule has 15 heavy (non-hydrogen) atoms. The predicted octanol–water partition coefficient (Wildman–Crippen LogP) is 2.56. The summed E-state index contributed by atoms with van der Waals surface area (Å²) in [6.07, 6.45) is 5.26. The van der Waals surface area contributed by atoms with Gasteiger partial charge in [0.05, 0.1) is 0 Å². The van der Waals surface area contributed by atoms with E-state index in [4.69, 9.17) is 5.11 Å². The van der Waals surface area contributed by atoms with Crippen molar-refractivity contribution in [1.29, 1.82) is 0 Å². The summed E-state index contributed by atoms with van der Waals surface area (Å²) in [5.41, 5.74) is 1.22. The smallest absolute Gasteiger partial charge is 0.310 e. The summed E-state index contributed by atoms with van der Waals surface area (Å²) < 4.78 is 0. The molecule has 0 heterocycles. The van der Waals surface area contributed by atoms with Crippen molar-refractivity contribution in [3.05, 3.63) is 11.6 Å². The number of carboxylic acid groups (broad SMARTS) is 1. The summed E-state index contributed by atoms with van der Waals surface area (Å²) in [7, 11) is 0. The molecule has 84 valence electrons. The van der Waals surface area contributed by atoms with Crippen molar-refractivity contribution in [2.45, 2.75) is 46.0 Å². The monoisotopic (exact) mass is 210 g/mol. The number of Topliss-reactive ketones (excluding diaryl/α,β-unsaturated/α-hetero) is 1. The first-order valence-corrected chi connectivity index (χ1v) is 5.37. The Morgan fingerprint density at radius 3 is 2.73 bits per heavy atom. The summed E-state index contributed by atoms with van der Waals surface area (Å²) in [6.45, 7) is 4.05. The van der Waals surface area contributed by atoms with Crippen LogP contribution in [0.2, 0.25) is 0 Å². The standard InChI is InChI=1S/C12H18O3/c1-3-9-5-4-6-12(9,2)8-10(13)7-11(14)15/h3H,4-8H2,1-2H3,(H,14,15)/b9-3+. The van der Waals surface area contributed by atoms with Gasteiger partial charge in [-0.3, -0.25) is 9.59 Å². The van der Waals surface area contributed by atoms with Crippen LogP contribution in [0.1, 0.15) is 46.0 Å². The van der Waals surface area contributed by atoms with Gasteiger partial charge in [-0.05, 0) is 31.6 Å². The van der Waals surface area contributed by atoms with Crippen LogP contribution in [-0.2, 0) is 9.59 Å². The molecule has 0 saturated heterocycles. The largest absolute Gasteiger partial charge is 0.481 e. The molecule has 3 nitrogen and oxygen atoms in total. The van der Waals surface area contributed by atoms with E-state index in [9.17, 15) is 9.59 Å². The molecule has 0 aromatic heterocycles. The molecule has 1 rings (SSSR count). The molecule has 3 heteroatoms. The van der Waals surface area contributed by atoms with Crippen LogP contribution in [0.25, 0.3) is 0 Å². The Morgan fingerprint density at radius 2 is 2.20 bits per heavy atom. The molecular formula is C12H18O3. The third kappa shape index (κ3) is 2.91. The van der Waals surface area contributed by atoms with Crippen LogP contribution in [0.15, 0.2) is 11.6 Å². The van der Waals surface area contributed by atoms with Gasteiger partial charge in [0.1, 0.15) is 12.2 Å². The second-order valence-corrected chi connectivity index (χ2v) is 4.51. The zero-order valence-electron chi connectivity index (χ0n) is 9.38. The molecule has 1 aliphatic rings. The Balaban J connectivity index is 2.63. The number of carbonyl (C=O) groups is 2. The lowest BCUT2D eigenvalue weighted by molar-refractivity contribution is -0.140. The molecule has 1 unspecified atom stereocenters. The quantitative estimate of drug-likeness (QED) is 0.573. The molecule has 0 spiro atoms. The topological polar surface area (TPSA) is 54.4 Å². The number of hydrogen-bond donors (Lipinski definition) is 1. The van der Waals surface area contributed by atoms with Gasteiger partial charge in [-0.25, -0.2) is 0 Å². The van der Waals surface area contributed by atoms with E-state index in [0.29, 0.717) is 6.42 Å². The van der Waals surface area contributed by atoms with Gasteiger partial charge in [0.15, 0.2) is 0 Å². The minimum absolute atomic E-state index is 0.0821. The van der Waals surface area contributed by atoms with Crippen LogP contribution < -0.4 is 0 Å². The molecule has 1 N–H and O–H groups in total. The summed E-state index contributed by atoms with van der Waals surface area (Å²) >= 11 is 0. The fourth-order valence-corrected chi connectivity index (χ4v) is 2.49. The summed E-state index contributed by atoms with van der Waals surface area (Å²) in [5.74, 6) is -1.19. The van der Waals surface area contributed by atoms with Crippen molar-refractivity contribution in [2.24, 2.45) is 5.41 Å². The number of hydrogen-bond acceptors (Lipinski definition) is 2. The van der Waals surface area contributed by atoms with Crippen LogP contribution in [0, 0.1) is 5.41 Å². The van der Waals surface area contributed by atoms with E-state index < -0.39 is 5.97 Å². The maximum atomic E-state index is 11.5. The summed E-state index contributed by atoms with van der Waals surface area (Å²) in [5, 5.41) is 8.53. The van der Waals surface area contributed by atoms with Crippen molar-refractivity contribution in [3.8, 4) is 0 Å². The third-order valence-electron chi connectivity index (χ3n) is 3.23. The molecule has 0 aliphatic heterocycles. The van der Waals surface area contributed by atoms with Gasteiger partial charge >= 0.3 is 5.97 Å². The normalized spacial score (nSPS) is 28.3. The first kappa shape index (κ1) is 12.0. The highest BCUT2D eigenvalue weighted by Crippen LogP contribution is 2.45. The first-order chi connectivity index (χ1) is 6.98. The Morgan fingerprint density at radius 1 is 1.53 bits per heavy atom. The molecule has 1 fully saturated rings. The minimum atomic E-state index is -1.02. The van der Waals surface area contributed by atoms with Crippen LogP contribution >= 0.6 is 0 Å². The fraction of sp³-hybridized carbons (Fsp3) is 0.667. The number of aliphatic carboxylic acids is 1. The number of rotatable bonds is 4. The molecule has 0 radical (unpaired) electrons. The lowest BCUT2D eigenvalue weighted by atomic mass is 9.79. The van der Waals surface area contributed by atoms with Crippen LogP contribution in [0.4, 0.5) is 0 Å². The average Bonchev–Trinajstić information content (AvgIpc) is 2.44. The Labute approximate surface area is 90.2 Å². The molecule has 1 aliphatic carbocycles. The average molecular weight is 210 g/mol. The van der Waals surface area contributed by atoms with Crippen molar-refractivity contribution < 1.29 is 14.7 Å². The van der Waals surface area contributed by atoms with E-state index in [1.54, 1.807) is 0 Å². The Kier molecular flexibility index (Phi) is 3.66. The van der Waals surface area contributed by atoms with Crippen molar-refractivity contribution in [2.75, 3.05) is 0 Å². The van der Waals surface area contributed by atoms with Crippen LogP contribution in [0.5, 0.6) is 0 Å². The second kappa shape index (κ2) is 4.60. The van der Waals surface area contributed by atoms with Gasteiger partial charge in [0.2, 0.25) is 0 Å². The minimum Gasteiger partial charge on any atom is -0.481 e. The maximum absolute atomic E-state index is 11.5. The van der Waals surface area contributed by atoms with Gasteiger partial charge in [0, 0.05) is 6.42 Å². The van der Waals surface area contributed by atoms with Crippen molar-refractivity contribution >= 4 is 11.8 Å². The van der Waals surface area contributed by atoms with Gasteiger partial charge in [-0.15, -0.1) is 0 Å². The highest BCUT2D eigenvalue weighted by Gasteiger charge is 2.35. The van der Waals surface area contributed by atoms with Crippen molar-refractivity contribution in [1.82, 2.24) is 0 Å². The third-order valence-corrected chi connectivity index (χ3v) is 3.23. The van der Waals surface area contributed by atoms with E-state index in [1.807, 2.05) is 6.92 Å². The van der Waals surface area contributed by atoms with Crippen molar-refractivity contribution in [3.63, 3.8) is 0 Å². The fourth-order valence-electron chi connectivity index (χ4n) is 2.49. The van der Waals surface area contributed by atoms with E-state index in [1.165, 1.54) is 5.57 Å². The molecule has 0 bridgehead atoms. The Bertz CT molecular complexity index is 304. The number of carbonyl (C=O) groups excluding carboxylic acids is 1. The number of ketones is 1. The zero-order valence-corrected chi connectivity index (χ0v) is 9.38. The predicted molar refractivity (Wildman–Crippen MR) is 57.6 cm³/mol. The molecular weight excluding hydrogens is 192 g/mol. The highest BCUT2D eigenvalue weighted by molar-refractivity contribution is 5.95. The second-order valence-electron chi connectivity index (χ2n) is 4.51. The molecule has 0 aromatic carbocycles. The molecule has 0 amide bonds. The SMILES string of the molecule is C/C=C1\CCCC1(C)CC(=O)CC(=O)O. The van der Waals surface area contributed by atoms with Crippen LogP contribution in [-0.4, -0.2) is 16.9 Å². The summed E-state index contributed by atoms with van der Waals surface area (Å²) in [4.78, 5) is 21.9. The van der Waals surface area contributed by atoms with Gasteiger partial charge < -0.3 is 5.11 Å². The van der Waals surface area contributed by atoms with E-state index >= 15 is 0 Å². The lowest BCUT2D eigenvalue weighted by Crippen LogP contribution is -2.20. The molecule has 1 atom stereocenters. The Hall–Kier alpha value is -1.12. The summed E-state index contributed by atoms with van der Waals surface area (Å²) in [6, 6.07) is 0. The van der Waals surface area contributed by atoms with E-state index in [2.05, 4.69) is 13.0 Å². The van der Waals surface area contributed by atoms with E-state index in [-0.39, 0.29) is 17.6 Å². The van der Waals surface area contributed by atoms with Crippen LogP contribution in [0.3, 0.4) is 0 Å². The van der Waals surface area contributed by atoms with Gasteiger partial charge in [0.25, 0.3) is 0 Å². The number of allylic oxidation sites excluding steroid dienone is 2. The lowest BCUT2D eigenvalue weighted by Gasteiger charge is -2.24. The zero-order chi connectivity index (χ0) is 11.5.